The van der Waals surface area contributed by atoms with Crippen molar-refractivity contribution in [3.05, 3.63) is 53.9 Å². The van der Waals surface area contributed by atoms with Crippen LogP contribution in [-0.4, -0.2) is 64.8 Å². The largest absolute Gasteiger partial charge is 0.497 e. The van der Waals surface area contributed by atoms with Crippen molar-refractivity contribution in [2.45, 2.75) is 31.7 Å². The molecule has 0 aliphatic carbocycles. The standard InChI is InChI=1S/C25H28F2N6O2/c1-34-18-10-9-16(21(12-18)35-2)13-28-25-29-20-8-4-3-7-19(20)24-30-23(31-33(24)25)17-6-5-11-32(14-17)15-22(26)27/h3-4,7-10,12,17,22H,5-6,11,13-15H2,1-2H3,(H,28,29). The SMILES string of the molecule is COc1ccc(CNc2nc3ccccc3c3nc(C4CCCN(CC(F)F)C4)nn23)c(OC)c1. The van der Waals surface area contributed by atoms with Gasteiger partial charge in [0.1, 0.15) is 11.5 Å². The van der Waals surface area contributed by atoms with Crippen molar-refractivity contribution in [3.63, 3.8) is 0 Å². The summed E-state index contributed by atoms with van der Waals surface area (Å²) in [4.78, 5) is 11.5. The predicted octanol–water partition coefficient (Wildman–Crippen LogP) is 4.35. The Bertz CT molecular complexity index is 1330. The maximum Gasteiger partial charge on any atom is 0.251 e. The lowest BCUT2D eigenvalue weighted by Gasteiger charge is -2.30. The fourth-order valence-corrected chi connectivity index (χ4v) is 4.66. The second-order valence-corrected chi connectivity index (χ2v) is 8.68. The molecule has 5 rings (SSSR count). The molecule has 1 aliphatic rings. The maximum absolute atomic E-state index is 13.0. The van der Waals surface area contributed by atoms with E-state index >= 15 is 0 Å². The molecular formula is C25H28F2N6O2. The van der Waals surface area contributed by atoms with Crippen molar-refractivity contribution in [2.24, 2.45) is 0 Å². The number of methoxy groups -OCH3 is 2. The Labute approximate surface area is 201 Å². The van der Waals surface area contributed by atoms with Crippen LogP contribution in [0, 0.1) is 0 Å². The van der Waals surface area contributed by atoms with Gasteiger partial charge in [0, 0.05) is 36.0 Å². The third-order valence-corrected chi connectivity index (χ3v) is 6.39. The average molecular weight is 483 g/mol. The smallest absolute Gasteiger partial charge is 0.251 e. The molecule has 4 aromatic rings. The first kappa shape index (κ1) is 23.2. The number of rotatable bonds is 8. The molecule has 0 amide bonds. The predicted molar refractivity (Wildman–Crippen MR) is 130 cm³/mol. The molecule has 0 saturated carbocycles. The molecule has 1 atom stereocenters. The molecular weight excluding hydrogens is 454 g/mol. The Morgan fingerprint density at radius 3 is 2.77 bits per heavy atom. The summed E-state index contributed by atoms with van der Waals surface area (Å²) in [7, 11) is 3.24. The van der Waals surface area contributed by atoms with Gasteiger partial charge in [-0.05, 0) is 43.7 Å². The van der Waals surface area contributed by atoms with E-state index in [1.54, 1.807) is 23.6 Å². The van der Waals surface area contributed by atoms with Crippen molar-refractivity contribution >= 4 is 22.5 Å². The van der Waals surface area contributed by atoms with Crippen LogP contribution in [0.5, 0.6) is 11.5 Å². The number of para-hydroxylation sites is 1. The second-order valence-electron chi connectivity index (χ2n) is 8.68. The number of hydrogen-bond acceptors (Lipinski definition) is 7. The highest BCUT2D eigenvalue weighted by molar-refractivity contribution is 5.92. The van der Waals surface area contributed by atoms with Gasteiger partial charge in [0.2, 0.25) is 5.95 Å². The quantitative estimate of drug-likeness (QED) is 0.400. The number of nitrogens with one attached hydrogen (secondary N) is 1. The van der Waals surface area contributed by atoms with Gasteiger partial charge in [0.05, 0.1) is 26.3 Å². The first-order chi connectivity index (χ1) is 17.1. The van der Waals surface area contributed by atoms with E-state index < -0.39 is 6.43 Å². The van der Waals surface area contributed by atoms with E-state index in [1.165, 1.54) is 0 Å². The average Bonchev–Trinajstić information content (AvgIpc) is 3.33. The van der Waals surface area contributed by atoms with Crippen LogP contribution in [0.3, 0.4) is 0 Å². The lowest BCUT2D eigenvalue weighted by molar-refractivity contribution is 0.0731. The molecule has 3 heterocycles. The lowest BCUT2D eigenvalue weighted by atomic mass is 9.97. The number of alkyl halides is 2. The van der Waals surface area contributed by atoms with E-state index in [9.17, 15) is 8.78 Å². The Morgan fingerprint density at radius 1 is 1.11 bits per heavy atom. The minimum Gasteiger partial charge on any atom is -0.497 e. The van der Waals surface area contributed by atoms with Gasteiger partial charge in [-0.15, -0.1) is 5.10 Å². The van der Waals surface area contributed by atoms with Crippen LogP contribution in [0.1, 0.15) is 30.1 Å². The number of ether oxygens (including phenoxy) is 2. The van der Waals surface area contributed by atoms with Crippen LogP contribution in [-0.2, 0) is 6.54 Å². The Balaban J connectivity index is 1.49. The highest BCUT2D eigenvalue weighted by Crippen LogP contribution is 2.29. The topological polar surface area (TPSA) is 76.8 Å². The Hall–Kier alpha value is -3.53. The van der Waals surface area contributed by atoms with E-state index in [0.717, 1.165) is 29.3 Å². The molecule has 10 heteroatoms. The zero-order valence-corrected chi connectivity index (χ0v) is 19.7. The van der Waals surface area contributed by atoms with Gasteiger partial charge >= 0.3 is 0 Å². The third-order valence-electron chi connectivity index (χ3n) is 6.39. The van der Waals surface area contributed by atoms with Crippen molar-refractivity contribution in [2.75, 3.05) is 39.2 Å². The van der Waals surface area contributed by atoms with Crippen LogP contribution in [0.4, 0.5) is 14.7 Å². The summed E-state index contributed by atoms with van der Waals surface area (Å²) in [6.45, 7) is 1.44. The number of likely N-dealkylation sites (tertiary alicyclic amines) is 1. The fourth-order valence-electron chi connectivity index (χ4n) is 4.66. The minimum absolute atomic E-state index is 0.00399. The molecule has 1 unspecified atom stereocenters. The summed E-state index contributed by atoms with van der Waals surface area (Å²) in [5, 5.41) is 9.06. The van der Waals surface area contributed by atoms with Gasteiger partial charge in [-0.1, -0.05) is 12.1 Å². The summed E-state index contributed by atoms with van der Waals surface area (Å²) in [6.07, 6.45) is -0.635. The number of piperidine rings is 1. The van der Waals surface area contributed by atoms with Crippen molar-refractivity contribution in [3.8, 4) is 11.5 Å². The number of benzene rings is 2. The summed E-state index contributed by atoms with van der Waals surface area (Å²) < 4.78 is 38.4. The van der Waals surface area contributed by atoms with Crippen LogP contribution in [0.2, 0.25) is 0 Å². The molecule has 1 aliphatic heterocycles. The molecule has 35 heavy (non-hydrogen) atoms. The second kappa shape index (κ2) is 9.99. The van der Waals surface area contributed by atoms with E-state index in [0.29, 0.717) is 48.6 Å². The van der Waals surface area contributed by atoms with E-state index in [2.05, 4.69) is 5.32 Å². The van der Waals surface area contributed by atoms with Crippen LogP contribution >= 0.6 is 0 Å². The number of nitrogens with zero attached hydrogens (tertiary/aromatic N) is 5. The molecule has 0 bridgehead atoms. The van der Waals surface area contributed by atoms with Crippen molar-refractivity contribution in [1.29, 1.82) is 0 Å². The summed E-state index contributed by atoms with van der Waals surface area (Å²) in [6, 6.07) is 13.4. The maximum atomic E-state index is 13.0. The highest BCUT2D eigenvalue weighted by Gasteiger charge is 2.27. The van der Waals surface area contributed by atoms with Gasteiger partial charge in [-0.25, -0.2) is 18.7 Å². The number of fused-ring (bicyclic) bond motifs is 3. The summed E-state index contributed by atoms with van der Waals surface area (Å²) >= 11 is 0. The van der Waals surface area contributed by atoms with Gasteiger partial charge in [0.15, 0.2) is 11.5 Å². The molecule has 1 N–H and O–H groups in total. The van der Waals surface area contributed by atoms with Crippen LogP contribution in [0.15, 0.2) is 42.5 Å². The van der Waals surface area contributed by atoms with Gasteiger partial charge in [-0.2, -0.15) is 4.52 Å². The molecule has 0 spiro atoms. The van der Waals surface area contributed by atoms with Gasteiger partial charge in [-0.3, -0.25) is 4.90 Å². The Kier molecular flexibility index (Phi) is 6.63. The first-order valence-electron chi connectivity index (χ1n) is 11.7. The van der Waals surface area contributed by atoms with Crippen molar-refractivity contribution < 1.29 is 18.3 Å². The van der Waals surface area contributed by atoms with Crippen molar-refractivity contribution in [1.82, 2.24) is 24.5 Å². The van der Waals surface area contributed by atoms with Crippen LogP contribution in [0.25, 0.3) is 16.6 Å². The normalized spacial score (nSPS) is 16.8. The third kappa shape index (κ3) is 4.84. The molecule has 184 valence electrons. The Morgan fingerprint density at radius 2 is 1.97 bits per heavy atom. The highest BCUT2D eigenvalue weighted by atomic mass is 19.3. The van der Waals surface area contributed by atoms with E-state index in [1.807, 2.05) is 42.5 Å². The van der Waals surface area contributed by atoms with Gasteiger partial charge in [0.25, 0.3) is 6.43 Å². The summed E-state index contributed by atoms with van der Waals surface area (Å²) in [5.74, 6) is 2.62. The molecule has 1 fully saturated rings. The van der Waals surface area contributed by atoms with Crippen LogP contribution < -0.4 is 14.8 Å². The van der Waals surface area contributed by atoms with Gasteiger partial charge < -0.3 is 14.8 Å². The van der Waals surface area contributed by atoms with E-state index in [-0.39, 0.29) is 12.5 Å². The zero-order valence-electron chi connectivity index (χ0n) is 19.7. The molecule has 2 aromatic heterocycles. The fraction of sp³-hybridized carbons (Fsp3) is 0.400. The number of halogens is 2. The van der Waals surface area contributed by atoms with E-state index in [4.69, 9.17) is 24.5 Å². The zero-order chi connectivity index (χ0) is 24.4. The first-order valence-corrected chi connectivity index (χ1v) is 11.7. The molecule has 2 aromatic carbocycles. The molecule has 8 nitrogen and oxygen atoms in total. The molecule has 1 saturated heterocycles. The minimum atomic E-state index is -2.35. The number of hydrogen-bond donors (Lipinski definition) is 1. The number of anilines is 1. The molecule has 0 radical (unpaired) electrons. The monoisotopic (exact) mass is 482 g/mol. The lowest BCUT2D eigenvalue weighted by Crippen LogP contribution is -2.37. The number of aromatic nitrogens is 4. The summed E-state index contributed by atoms with van der Waals surface area (Å²) in [5.41, 5.74) is 2.43.